The van der Waals surface area contributed by atoms with Crippen LogP contribution in [-0.2, 0) is 16.1 Å². The number of anilines is 1. The maximum absolute atomic E-state index is 12.9. The van der Waals surface area contributed by atoms with Gasteiger partial charge in [0.05, 0.1) is 5.69 Å². The van der Waals surface area contributed by atoms with Gasteiger partial charge in [-0.05, 0) is 31.2 Å². The maximum Gasteiger partial charge on any atom is 0.335 e. The summed E-state index contributed by atoms with van der Waals surface area (Å²) in [4.78, 5) is 38.5. The summed E-state index contributed by atoms with van der Waals surface area (Å²) < 4.78 is 2.05. The smallest absolute Gasteiger partial charge is 0.335 e. The lowest BCUT2D eigenvalue weighted by molar-refractivity contribution is -0.122. The van der Waals surface area contributed by atoms with Crippen LogP contribution < -0.4 is 10.2 Å². The molecule has 4 rings (SSSR count). The van der Waals surface area contributed by atoms with Crippen LogP contribution in [0.25, 0.3) is 17.0 Å². The third-order valence-corrected chi connectivity index (χ3v) is 4.58. The number of nitrogens with zero attached hydrogens (tertiary/aromatic N) is 2. The number of para-hydroxylation sites is 2. The predicted molar refractivity (Wildman–Crippen MR) is 103 cm³/mol. The lowest BCUT2D eigenvalue weighted by Crippen LogP contribution is -2.54. The molecule has 1 aliphatic rings. The first kappa shape index (κ1) is 16.8. The highest BCUT2D eigenvalue weighted by molar-refractivity contribution is 6.39. The molecule has 3 aromatic rings. The zero-order valence-electron chi connectivity index (χ0n) is 14.7. The molecule has 0 atom stereocenters. The number of aromatic nitrogens is 1. The van der Waals surface area contributed by atoms with Crippen molar-refractivity contribution in [2.24, 2.45) is 0 Å². The van der Waals surface area contributed by atoms with E-state index >= 15 is 0 Å². The highest BCUT2D eigenvalue weighted by Gasteiger charge is 2.36. The van der Waals surface area contributed by atoms with Crippen molar-refractivity contribution in [2.75, 3.05) is 4.90 Å². The van der Waals surface area contributed by atoms with E-state index in [0.29, 0.717) is 5.69 Å². The summed E-state index contributed by atoms with van der Waals surface area (Å²) in [7, 11) is 0. The second-order valence-corrected chi connectivity index (χ2v) is 6.18. The molecular weight excluding hydrogens is 342 g/mol. The lowest BCUT2D eigenvalue weighted by atomic mass is 10.1. The molecule has 0 bridgehead atoms. The number of benzene rings is 2. The number of carbonyl (C=O) groups excluding carboxylic acids is 3. The minimum absolute atomic E-state index is 0.0718. The van der Waals surface area contributed by atoms with Gasteiger partial charge in [-0.3, -0.25) is 14.9 Å². The Bertz CT molecular complexity index is 1100. The normalized spacial score (nSPS) is 16.3. The summed E-state index contributed by atoms with van der Waals surface area (Å²) in [5.41, 5.74) is 2.12. The number of imide groups is 2. The maximum atomic E-state index is 12.9. The Morgan fingerprint density at radius 2 is 1.67 bits per heavy atom. The van der Waals surface area contributed by atoms with Crippen LogP contribution in [0.5, 0.6) is 0 Å². The van der Waals surface area contributed by atoms with Crippen LogP contribution >= 0.6 is 0 Å². The second kappa shape index (κ2) is 6.57. The number of hydrogen-bond donors (Lipinski definition) is 1. The van der Waals surface area contributed by atoms with Gasteiger partial charge in [-0.25, -0.2) is 9.69 Å². The van der Waals surface area contributed by atoms with E-state index in [1.807, 2.05) is 42.0 Å². The average molecular weight is 359 g/mol. The zero-order chi connectivity index (χ0) is 19.0. The molecule has 4 amide bonds. The highest BCUT2D eigenvalue weighted by atomic mass is 16.2. The Balaban J connectivity index is 1.82. The van der Waals surface area contributed by atoms with Crippen LogP contribution in [0.1, 0.15) is 12.5 Å². The van der Waals surface area contributed by atoms with Crippen LogP contribution in [0.4, 0.5) is 10.5 Å². The molecule has 1 aromatic heterocycles. The van der Waals surface area contributed by atoms with Crippen molar-refractivity contribution in [1.82, 2.24) is 9.88 Å². The molecule has 2 aromatic carbocycles. The van der Waals surface area contributed by atoms with Crippen LogP contribution in [-0.4, -0.2) is 22.4 Å². The molecule has 6 nitrogen and oxygen atoms in total. The van der Waals surface area contributed by atoms with Crippen molar-refractivity contribution in [2.45, 2.75) is 13.5 Å². The number of carbonyl (C=O) groups is 3. The summed E-state index contributed by atoms with van der Waals surface area (Å²) >= 11 is 0. The quantitative estimate of drug-likeness (QED) is 0.576. The SMILES string of the molecule is CCn1cc(C=C2C(=O)NC(=O)N(c3ccccc3)C2=O)c2ccccc21. The number of fused-ring (bicyclic) bond motifs is 1. The van der Waals surface area contributed by atoms with E-state index in [0.717, 1.165) is 27.9 Å². The van der Waals surface area contributed by atoms with E-state index in [9.17, 15) is 14.4 Å². The minimum Gasteiger partial charge on any atom is -0.347 e. The van der Waals surface area contributed by atoms with E-state index in [4.69, 9.17) is 0 Å². The van der Waals surface area contributed by atoms with Crippen LogP contribution in [0.2, 0.25) is 0 Å². The van der Waals surface area contributed by atoms with E-state index in [-0.39, 0.29) is 5.57 Å². The summed E-state index contributed by atoms with van der Waals surface area (Å²) in [5.74, 6) is -1.33. The first-order valence-electron chi connectivity index (χ1n) is 8.64. The first-order chi connectivity index (χ1) is 13.1. The monoisotopic (exact) mass is 359 g/mol. The minimum atomic E-state index is -0.746. The van der Waals surface area contributed by atoms with Crippen molar-refractivity contribution >= 4 is 40.5 Å². The van der Waals surface area contributed by atoms with Gasteiger partial charge in [0.25, 0.3) is 11.8 Å². The Morgan fingerprint density at radius 1 is 0.963 bits per heavy atom. The van der Waals surface area contributed by atoms with Crippen molar-refractivity contribution in [3.63, 3.8) is 0 Å². The number of hydrogen-bond acceptors (Lipinski definition) is 3. The van der Waals surface area contributed by atoms with E-state index in [1.54, 1.807) is 36.4 Å². The van der Waals surface area contributed by atoms with Crippen molar-refractivity contribution in [3.05, 3.63) is 71.9 Å². The number of urea groups is 1. The number of amides is 4. The third kappa shape index (κ3) is 2.81. The molecule has 0 unspecified atom stereocenters. The fraction of sp³-hybridized carbons (Fsp3) is 0.0952. The molecule has 0 spiro atoms. The molecule has 1 aliphatic heterocycles. The molecule has 2 heterocycles. The summed E-state index contributed by atoms with van der Waals surface area (Å²) in [6, 6.07) is 15.6. The molecule has 0 radical (unpaired) electrons. The predicted octanol–water partition coefficient (Wildman–Crippen LogP) is 3.33. The third-order valence-electron chi connectivity index (χ3n) is 4.58. The topological polar surface area (TPSA) is 71.4 Å². The van der Waals surface area contributed by atoms with E-state index < -0.39 is 17.8 Å². The highest BCUT2D eigenvalue weighted by Crippen LogP contribution is 2.26. The average Bonchev–Trinajstić information content (AvgIpc) is 3.04. The van der Waals surface area contributed by atoms with Crippen molar-refractivity contribution in [3.8, 4) is 0 Å². The molecule has 27 heavy (non-hydrogen) atoms. The molecular formula is C21H17N3O3. The van der Waals surface area contributed by atoms with E-state index in [2.05, 4.69) is 5.32 Å². The van der Waals surface area contributed by atoms with Crippen LogP contribution in [0.3, 0.4) is 0 Å². The van der Waals surface area contributed by atoms with Gasteiger partial charge in [0.1, 0.15) is 5.57 Å². The zero-order valence-corrected chi connectivity index (χ0v) is 14.7. The Kier molecular flexibility index (Phi) is 4.08. The molecule has 1 saturated heterocycles. The van der Waals surface area contributed by atoms with Gasteiger partial charge in [-0.1, -0.05) is 36.4 Å². The molecule has 1 N–H and O–H groups in total. The number of rotatable bonds is 3. The van der Waals surface area contributed by atoms with Gasteiger partial charge in [-0.15, -0.1) is 0 Å². The van der Waals surface area contributed by atoms with Gasteiger partial charge in [0, 0.05) is 29.2 Å². The van der Waals surface area contributed by atoms with Gasteiger partial charge in [0.2, 0.25) is 0 Å². The Hall–Kier alpha value is -3.67. The summed E-state index contributed by atoms with van der Waals surface area (Å²) in [5, 5.41) is 3.19. The number of nitrogens with one attached hydrogen (secondary N) is 1. The van der Waals surface area contributed by atoms with Gasteiger partial charge in [0.15, 0.2) is 0 Å². The summed E-state index contributed by atoms with van der Waals surface area (Å²) in [6.45, 7) is 2.79. The molecule has 0 saturated carbocycles. The summed E-state index contributed by atoms with van der Waals surface area (Å²) in [6.07, 6.45) is 3.45. The van der Waals surface area contributed by atoms with Crippen LogP contribution in [0, 0.1) is 0 Å². The molecule has 6 heteroatoms. The van der Waals surface area contributed by atoms with Gasteiger partial charge < -0.3 is 4.57 Å². The molecule has 0 aliphatic carbocycles. The fourth-order valence-electron chi connectivity index (χ4n) is 3.28. The van der Waals surface area contributed by atoms with Gasteiger partial charge >= 0.3 is 6.03 Å². The first-order valence-corrected chi connectivity index (χ1v) is 8.64. The van der Waals surface area contributed by atoms with Crippen molar-refractivity contribution in [1.29, 1.82) is 0 Å². The second-order valence-electron chi connectivity index (χ2n) is 6.18. The van der Waals surface area contributed by atoms with E-state index in [1.165, 1.54) is 0 Å². The Labute approximate surface area is 155 Å². The van der Waals surface area contributed by atoms with Crippen LogP contribution in [0.15, 0.2) is 66.4 Å². The fourth-order valence-corrected chi connectivity index (χ4v) is 3.28. The largest absolute Gasteiger partial charge is 0.347 e. The number of barbiturate groups is 1. The standard InChI is InChI=1S/C21H17N3O3/c1-2-23-13-14(16-10-6-7-11-18(16)23)12-17-19(25)22-21(27)24(20(17)26)15-8-4-3-5-9-15/h3-13H,2H2,1H3,(H,22,25,27). The lowest BCUT2D eigenvalue weighted by Gasteiger charge is -2.26. The van der Waals surface area contributed by atoms with Crippen molar-refractivity contribution < 1.29 is 14.4 Å². The number of aryl methyl sites for hydroxylation is 1. The molecule has 134 valence electrons. The van der Waals surface area contributed by atoms with Gasteiger partial charge in [-0.2, -0.15) is 0 Å². The molecule has 1 fully saturated rings. The Morgan fingerprint density at radius 3 is 2.41 bits per heavy atom.